The quantitative estimate of drug-likeness (QED) is 0.782. The molecule has 2 aromatic rings. The first-order chi connectivity index (χ1) is 12.4. The number of amides is 2. The van der Waals surface area contributed by atoms with Crippen molar-refractivity contribution in [2.45, 2.75) is 38.3 Å². The van der Waals surface area contributed by atoms with Crippen LogP contribution in [0.3, 0.4) is 0 Å². The number of aryl methyl sites for hydroxylation is 1. The zero-order chi connectivity index (χ0) is 18.7. The molecule has 0 aliphatic heterocycles. The van der Waals surface area contributed by atoms with Gasteiger partial charge in [-0.05, 0) is 47.9 Å². The molecule has 0 bridgehead atoms. The van der Waals surface area contributed by atoms with Crippen LogP contribution in [0.15, 0.2) is 24.3 Å². The molecule has 26 heavy (non-hydrogen) atoms. The van der Waals surface area contributed by atoms with Gasteiger partial charge in [0.15, 0.2) is 0 Å². The number of hydrogen-bond acceptors (Lipinski definition) is 5. The lowest BCUT2D eigenvalue weighted by molar-refractivity contribution is -0.137. The minimum absolute atomic E-state index is 0.0455. The van der Waals surface area contributed by atoms with Crippen molar-refractivity contribution < 1.29 is 14.0 Å². The van der Waals surface area contributed by atoms with Crippen molar-refractivity contribution in [3.63, 3.8) is 0 Å². The number of nitrogens with one attached hydrogen (secondary N) is 1. The molecule has 1 saturated carbocycles. The van der Waals surface area contributed by atoms with Crippen LogP contribution >= 0.6 is 0 Å². The molecule has 138 valence electrons. The summed E-state index contributed by atoms with van der Waals surface area (Å²) in [5, 5.41) is 14.2. The van der Waals surface area contributed by atoms with Crippen LogP contribution in [-0.2, 0) is 16.0 Å². The molecule has 0 spiro atoms. The van der Waals surface area contributed by atoms with E-state index in [9.17, 15) is 14.0 Å². The lowest BCUT2D eigenvalue weighted by atomic mass is 10.0. The maximum absolute atomic E-state index is 13.5. The molecular weight excluding hydrogens is 339 g/mol. The van der Waals surface area contributed by atoms with Gasteiger partial charge in [0.1, 0.15) is 17.7 Å². The van der Waals surface area contributed by atoms with Crippen molar-refractivity contribution in [3.05, 3.63) is 41.5 Å². The summed E-state index contributed by atoms with van der Waals surface area (Å²) >= 11 is 0. The summed E-state index contributed by atoms with van der Waals surface area (Å²) in [5.74, 6) is -0.410. The van der Waals surface area contributed by atoms with Crippen LogP contribution < -0.4 is 5.32 Å². The second-order valence-corrected chi connectivity index (χ2v) is 6.56. The largest absolute Gasteiger partial charge is 0.352 e. The second kappa shape index (κ2) is 7.59. The Balaban J connectivity index is 1.76. The zero-order valence-corrected chi connectivity index (χ0v) is 14.7. The van der Waals surface area contributed by atoms with Crippen LogP contribution in [0.2, 0.25) is 0 Å². The Morgan fingerprint density at radius 2 is 2.19 bits per heavy atom. The Bertz CT molecular complexity index is 804. The molecule has 1 aliphatic rings. The third-order valence-electron chi connectivity index (χ3n) is 4.26. The Morgan fingerprint density at radius 1 is 1.42 bits per heavy atom. The molecule has 1 aromatic carbocycles. The van der Waals surface area contributed by atoms with Gasteiger partial charge in [0.25, 0.3) is 0 Å². The smallest absolute Gasteiger partial charge is 0.248 e. The first kappa shape index (κ1) is 18.0. The van der Waals surface area contributed by atoms with Gasteiger partial charge in [0, 0.05) is 19.5 Å². The average molecular weight is 360 g/mol. The molecule has 2 amide bonds. The van der Waals surface area contributed by atoms with Gasteiger partial charge in [-0.15, -0.1) is 5.10 Å². The van der Waals surface area contributed by atoms with Crippen LogP contribution in [0.1, 0.15) is 30.3 Å². The maximum atomic E-state index is 13.5. The minimum Gasteiger partial charge on any atom is -0.352 e. The van der Waals surface area contributed by atoms with Gasteiger partial charge in [0.2, 0.25) is 11.8 Å². The number of halogens is 1. The monoisotopic (exact) mass is 360 g/mol. The molecule has 1 N–H and O–H groups in total. The molecule has 1 heterocycles. The van der Waals surface area contributed by atoms with E-state index < -0.39 is 6.04 Å². The standard InChI is InChI=1S/C17H21FN6O2/c1-11-20-21-22-24(11)15(9-12-4-3-5-13(18)8-12)17(26)23(2)10-16(25)19-14-6-7-14/h3-5,8,14-15H,6-7,9-10H2,1-2H3,(H,19,25). The topological polar surface area (TPSA) is 93.0 Å². The molecule has 1 fully saturated rings. The highest BCUT2D eigenvalue weighted by Crippen LogP contribution is 2.19. The van der Waals surface area contributed by atoms with Crippen molar-refractivity contribution in [3.8, 4) is 0 Å². The molecule has 1 aliphatic carbocycles. The molecule has 0 saturated heterocycles. The Labute approximate surface area is 150 Å². The molecule has 1 unspecified atom stereocenters. The summed E-state index contributed by atoms with van der Waals surface area (Å²) < 4.78 is 14.9. The van der Waals surface area contributed by atoms with Gasteiger partial charge < -0.3 is 10.2 Å². The van der Waals surface area contributed by atoms with Crippen molar-refractivity contribution >= 4 is 11.8 Å². The van der Waals surface area contributed by atoms with Gasteiger partial charge in [-0.1, -0.05) is 12.1 Å². The molecule has 1 aromatic heterocycles. The summed E-state index contributed by atoms with van der Waals surface area (Å²) in [7, 11) is 1.56. The molecule has 1 atom stereocenters. The molecule has 9 heteroatoms. The number of benzene rings is 1. The van der Waals surface area contributed by atoms with Crippen LogP contribution in [0.25, 0.3) is 0 Å². The summed E-state index contributed by atoms with van der Waals surface area (Å²) in [4.78, 5) is 26.3. The number of nitrogens with zero attached hydrogens (tertiary/aromatic N) is 5. The van der Waals surface area contributed by atoms with E-state index in [0.717, 1.165) is 12.8 Å². The predicted molar refractivity (Wildman–Crippen MR) is 90.5 cm³/mol. The van der Waals surface area contributed by atoms with E-state index in [1.165, 1.54) is 21.7 Å². The number of aromatic nitrogens is 4. The zero-order valence-electron chi connectivity index (χ0n) is 14.7. The summed E-state index contributed by atoms with van der Waals surface area (Å²) in [6.45, 7) is 1.64. The minimum atomic E-state index is -0.759. The maximum Gasteiger partial charge on any atom is 0.248 e. The number of hydrogen-bond donors (Lipinski definition) is 1. The number of carbonyl (C=O) groups is 2. The fraction of sp³-hybridized carbons (Fsp3) is 0.471. The average Bonchev–Trinajstić information content (AvgIpc) is 3.30. The van der Waals surface area contributed by atoms with E-state index in [2.05, 4.69) is 20.8 Å². The van der Waals surface area contributed by atoms with Crippen LogP contribution in [0, 0.1) is 12.7 Å². The summed E-state index contributed by atoms with van der Waals surface area (Å²) in [6.07, 6.45) is 2.18. The second-order valence-electron chi connectivity index (χ2n) is 6.56. The lowest BCUT2D eigenvalue weighted by Gasteiger charge is -2.24. The highest BCUT2D eigenvalue weighted by Gasteiger charge is 2.29. The predicted octanol–water partition coefficient (Wildman–Crippen LogP) is 0.641. The normalized spacial score (nSPS) is 14.7. The van der Waals surface area contributed by atoms with E-state index in [0.29, 0.717) is 11.4 Å². The SMILES string of the molecule is Cc1nnnn1C(Cc1cccc(F)c1)C(=O)N(C)CC(=O)NC1CC1. The number of likely N-dealkylation sites (N-methyl/N-ethyl adjacent to an activating group) is 1. The molecule has 0 radical (unpaired) electrons. The van der Waals surface area contributed by atoms with Gasteiger partial charge in [0.05, 0.1) is 6.54 Å². The van der Waals surface area contributed by atoms with E-state index in [4.69, 9.17) is 0 Å². The fourth-order valence-electron chi connectivity index (χ4n) is 2.74. The molecule has 3 rings (SSSR count). The third kappa shape index (κ3) is 4.41. The van der Waals surface area contributed by atoms with E-state index in [1.54, 1.807) is 26.1 Å². The van der Waals surface area contributed by atoms with Crippen LogP contribution in [-0.4, -0.2) is 56.6 Å². The van der Waals surface area contributed by atoms with E-state index in [1.807, 2.05) is 0 Å². The Hall–Kier alpha value is -2.84. The fourth-order valence-corrected chi connectivity index (χ4v) is 2.74. The van der Waals surface area contributed by atoms with Crippen LogP contribution in [0.5, 0.6) is 0 Å². The number of carbonyl (C=O) groups excluding carboxylic acids is 2. The van der Waals surface area contributed by atoms with Crippen molar-refractivity contribution in [2.75, 3.05) is 13.6 Å². The van der Waals surface area contributed by atoms with Crippen LogP contribution in [0.4, 0.5) is 4.39 Å². The first-order valence-corrected chi connectivity index (χ1v) is 8.47. The molecular formula is C17H21FN6O2. The van der Waals surface area contributed by atoms with E-state index >= 15 is 0 Å². The third-order valence-corrected chi connectivity index (χ3v) is 4.26. The van der Waals surface area contributed by atoms with Crippen molar-refractivity contribution in [1.82, 2.24) is 30.4 Å². The van der Waals surface area contributed by atoms with Crippen molar-refractivity contribution in [2.24, 2.45) is 0 Å². The summed E-state index contributed by atoms with van der Waals surface area (Å²) in [6, 6.07) is 5.52. The number of tetrazole rings is 1. The number of rotatable bonds is 7. The Morgan fingerprint density at radius 3 is 2.81 bits per heavy atom. The lowest BCUT2D eigenvalue weighted by Crippen LogP contribution is -2.43. The van der Waals surface area contributed by atoms with Gasteiger partial charge in [-0.2, -0.15) is 0 Å². The van der Waals surface area contributed by atoms with Gasteiger partial charge in [-0.25, -0.2) is 9.07 Å². The van der Waals surface area contributed by atoms with Gasteiger partial charge >= 0.3 is 0 Å². The van der Waals surface area contributed by atoms with E-state index in [-0.39, 0.29) is 36.6 Å². The molecule has 8 nitrogen and oxygen atoms in total. The highest BCUT2D eigenvalue weighted by molar-refractivity contribution is 5.86. The van der Waals surface area contributed by atoms with Crippen molar-refractivity contribution in [1.29, 1.82) is 0 Å². The van der Waals surface area contributed by atoms with Gasteiger partial charge in [-0.3, -0.25) is 9.59 Å². The summed E-state index contributed by atoms with van der Waals surface area (Å²) in [5.41, 5.74) is 0.647. The Kier molecular flexibility index (Phi) is 5.24. The first-order valence-electron chi connectivity index (χ1n) is 8.47. The highest BCUT2D eigenvalue weighted by atomic mass is 19.1.